The van der Waals surface area contributed by atoms with Gasteiger partial charge in [0.25, 0.3) is 0 Å². The van der Waals surface area contributed by atoms with E-state index in [1.54, 1.807) is 0 Å². The average Bonchev–Trinajstić information content (AvgIpc) is 3.01. The molecule has 3 nitrogen and oxygen atoms in total. The van der Waals surface area contributed by atoms with Crippen LogP contribution < -0.4 is 5.32 Å². The molecule has 1 N–H and O–H groups in total. The van der Waals surface area contributed by atoms with Gasteiger partial charge in [0.2, 0.25) is 5.91 Å². The van der Waals surface area contributed by atoms with Crippen molar-refractivity contribution < 1.29 is 4.79 Å². The number of hydrogen-bond acceptors (Lipinski definition) is 2. The number of hydrogen-bond donors (Lipinski definition) is 1. The third-order valence-electron chi connectivity index (χ3n) is 5.59. The van der Waals surface area contributed by atoms with Crippen molar-refractivity contribution in [2.24, 2.45) is 5.92 Å². The van der Waals surface area contributed by atoms with Crippen LogP contribution in [0.3, 0.4) is 0 Å². The zero-order chi connectivity index (χ0) is 13.8. The fourth-order valence-electron chi connectivity index (χ4n) is 4.30. The standard InChI is InChI=1S/C17H30N2O/c20-17(14-6-2-1-3-7-14)19-12-10-16(11-13-19)18-15-8-4-5-9-15/h14-16,18H,1-13H2. The maximum atomic E-state index is 12.5. The van der Waals surface area contributed by atoms with Gasteiger partial charge in [0.05, 0.1) is 0 Å². The van der Waals surface area contributed by atoms with Gasteiger partial charge < -0.3 is 10.2 Å². The molecule has 3 aliphatic rings. The second kappa shape index (κ2) is 6.93. The minimum Gasteiger partial charge on any atom is -0.342 e. The molecule has 0 unspecified atom stereocenters. The van der Waals surface area contributed by atoms with E-state index < -0.39 is 0 Å². The Kier molecular flexibility index (Phi) is 4.98. The van der Waals surface area contributed by atoms with E-state index in [-0.39, 0.29) is 0 Å². The van der Waals surface area contributed by atoms with E-state index in [0.29, 0.717) is 17.9 Å². The van der Waals surface area contributed by atoms with Gasteiger partial charge in [-0.05, 0) is 38.5 Å². The summed E-state index contributed by atoms with van der Waals surface area (Å²) in [7, 11) is 0. The second-order valence-corrected chi connectivity index (χ2v) is 7.08. The molecular weight excluding hydrogens is 248 g/mol. The summed E-state index contributed by atoms with van der Waals surface area (Å²) >= 11 is 0. The first-order valence-corrected chi connectivity index (χ1v) is 8.88. The molecule has 0 aromatic heterocycles. The summed E-state index contributed by atoms with van der Waals surface area (Å²) in [5.41, 5.74) is 0. The minimum absolute atomic E-state index is 0.350. The molecule has 114 valence electrons. The molecule has 0 atom stereocenters. The zero-order valence-corrected chi connectivity index (χ0v) is 12.8. The molecule has 1 saturated heterocycles. The molecule has 2 saturated carbocycles. The van der Waals surface area contributed by atoms with Crippen molar-refractivity contribution in [2.45, 2.75) is 82.7 Å². The molecular formula is C17H30N2O. The monoisotopic (exact) mass is 278 g/mol. The number of piperidine rings is 1. The third kappa shape index (κ3) is 3.55. The molecule has 3 heteroatoms. The normalized spacial score (nSPS) is 27.1. The number of carbonyl (C=O) groups excluding carboxylic acids is 1. The lowest BCUT2D eigenvalue weighted by molar-refractivity contribution is -0.137. The lowest BCUT2D eigenvalue weighted by Gasteiger charge is -2.36. The van der Waals surface area contributed by atoms with Crippen LogP contribution in [-0.4, -0.2) is 36.0 Å². The first kappa shape index (κ1) is 14.4. The molecule has 0 radical (unpaired) electrons. The van der Waals surface area contributed by atoms with E-state index in [2.05, 4.69) is 10.2 Å². The first-order chi connectivity index (χ1) is 9.83. The summed E-state index contributed by atoms with van der Waals surface area (Å²) in [6.45, 7) is 1.97. The van der Waals surface area contributed by atoms with E-state index in [0.717, 1.165) is 44.8 Å². The molecule has 1 aliphatic heterocycles. The number of likely N-dealkylation sites (tertiary alicyclic amines) is 1. The molecule has 20 heavy (non-hydrogen) atoms. The summed E-state index contributed by atoms with van der Waals surface area (Å²) in [5.74, 6) is 0.812. The maximum absolute atomic E-state index is 12.5. The van der Waals surface area contributed by atoms with Crippen LogP contribution >= 0.6 is 0 Å². The smallest absolute Gasteiger partial charge is 0.225 e. The van der Waals surface area contributed by atoms with E-state index in [9.17, 15) is 4.79 Å². The van der Waals surface area contributed by atoms with E-state index in [1.165, 1.54) is 44.9 Å². The highest BCUT2D eigenvalue weighted by atomic mass is 16.2. The highest BCUT2D eigenvalue weighted by Crippen LogP contribution is 2.27. The average molecular weight is 278 g/mol. The van der Waals surface area contributed by atoms with Crippen LogP contribution in [0.5, 0.6) is 0 Å². The molecule has 1 amide bonds. The van der Waals surface area contributed by atoms with Crippen LogP contribution in [-0.2, 0) is 4.79 Å². The Labute approximate surface area is 123 Å². The lowest BCUT2D eigenvalue weighted by atomic mass is 9.87. The summed E-state index contributed by atoms with van der Waals surface area (Å²) in [5, 5.41) is 3.82. The summed E-state index contributed by atoms with van der Waals surface area (Å²) in [4.78, 5) is 14.7. The summed E-state index contributed by atoms with van der Waals surface area (Å²) in [6, 6.07) is 1.43. The Morgan fingerprint density at radius 2 is 1.30 bits per heavy atom. The molecule has 0 bridgehead atoms. The van der Waals surface area contributed by atoms with Crippen molar-refractivity contribution in [3.8, 4) is 0 Å². The Morgan fingerprint density at radius 3 is 1.95 bits per heavy atom. The van der Waals surface area contributed by atoms with Crippen molar-refractivity contribution in [2.75, 3.05) is 13.1 Å². The summed E-state index contributed by atoms with van der Waals surface area (Å²) < 4.78 is 0. The number of amides is 1. The molecule has 0 spiro atoms. The molecule has 3 rings (SSSR count). The predicted molar refractivity (Wildman–Crippen MR) is 81.6 cm³/mol. The van der Waals surface area contributed by atoms with Gasteiger partial charge in [0.1, 0.15) is 0 Å². The van der Waals surface area contributed by atoms with Gasteiger partial charge in [-0.3, -0.25) is 4.79 Å². The number of rotatable bonds is 3. The van der Waals surface area contributed by atoms with Gasteiger partial charge >= 0.3 is 0 Å². The first-order valence-electron chi connectivity index (χ1n) is 8.88. The van der Waals surface area contributed by atoms with Crippen LogP contribution in [0.25, 0.3) is 0 Å². The van der Waals surface area contributed by atoms with Gasteiger partial charge in [-0.15, -0.1) is 0 Å². The molecule has 3 fully saturated rings. The lowest BCUT2D eigenvalue weighted by Crippen LogP contribution is -2.48. The van der Waals surface area contributed by atoms with Gasteiger partial charge in [-0.1, -0.05) is 32.1 Å². The van der Waals surface area contributed by atoms with Gasteiger partial charge in [0.15, 0.2) is 0 Å². The SMILES string of the molecule is O=C(C1CCCCC1)N1CCC(NC2CCCC2)CC1. The van der Waals surface area contributed by atoms with Crippen LogP contribution in [0.4, 0.5) is 0 Å². The predicted octanol–water partition coefficient (Wildman–Crippen LogP) is 3.09. The molecule has 0 aromatic carbocycles. The van der Waals surface area contributed by atoms with Gasteiger partial charge in [0, 0.05) is 31.1 Å². The van der Waals surface area contributed by atoms with Crippen LogP contribution in [0.2, 0.25) is 0 Å². The van der Waals surface area contributed by atoms with Crippen molar-refractivity contribution >= 4 is 5.91 Å². The number of carbonyl (C=O) groups is 1. The fraction of sp³-hybridized carbons (Fsp3) is 0.941. The fourth-order valence-corrected chi connectivity index (χ4v) is 4.30. The zero-order valence-electron chi connectivity index (χ0n) is 12.8. The van der Waals surface area contributed by atoms with Crippen molar-refractivity contribution in [3.05, 3.63) is 0 Å². The van der Waals surface area contributed by atoms with Gasteiger partial charge in [-0.2, -0.15) is 0 Å². The Morgan fingerprint density at radius 1 is 0.750 bits per heavy atom. The third-order valence-corrected chi connectivity index (χ3v) is 5.59. The molecule has 1 heterocycles. The number of nitrogens with one attached hydrogen (secondary N) is 1. The van der Waals surface area contributed by atoms with Crippen molar-refractivity contribution in [1.82, 2.24) is 10.2 Å². The van der Waals surface area contributed by atoms with E-state index in [4.69, 9.17) is 0 Å². The van der Waals surface area contributed by atoms with Crippen LogP contribution in [0.15, 0.2) is 0 Å². The maximum Gasteiger partial charge on any atom is 0.225 e. The Bertz CT molecular complexity index is 311. The topological polar surface area (TPSA) is 32.3 Å². The van der Waals surface area contributed by atoms with E-state index >= 15 is 0 Å². The van der Waals surface area contributed by atoms with Crippen molar-refractivity contribution in [1.29, 1.82) is 0 Å². The van der Waals surface area contributed by atoms with Gasteiger partial charge in [-0.25, -0.2) is 0 Å². The largest absolute Gasteiger partial charge is 0.342 e. The highest BCUT2D eigenvalue weighted by molar-refractivity contribution is 5.79. The van der Waals surface area contributed by atoms with Crippen molar-refractivity contribution in [3.63, 3.8) is 0 Å². The van der Waals surface area contributed by atoms with Crippen LogP contribution in [0, 0.1) is 5.92 Å². The quantitative estimate of drug-likeness (QED) is 0.860. The Hall–Kier alpha value is -0.570. The molecule has 2 aliphatic carbocycles. The Balaban J connectivity index is 1.41. The highest BCUT2D eigenvalue weighted by Gasteiger charge is 2.29. The minimum atomic E-state index is 0.350. The van der Waals surface area contributed by atoms with Crippen LogP contribution in [0.1, 0.15) is 70.6 Å². The second-order valence-electron chi connectivity index (χ2n) is 7.08. The summed E-state index contributed by atoms with van der Waals surface area (Å²) in [6.07, 6.45) is 14.0. The number of nitrogens with zero attached hydrogens (tertiary/aromatic N) is 1. The van der Waals surface area contributed by atoms with E-state index in [1.807, 2.05) is 0 Å². The molecule has 0 aromatic rings.